The van der Waals surface area contributed by atoms with Crippen molar-refractivity contribution in [3.05, 3.63) is 11.3 Å². The maximum atomic E-state index is 4.47. The summed E-state index contributed by atoms with van der Waals surface area (Å²) in [6, 6.07) is 0. The van der Waals surface area contributed by atoms with Gasteiger partial charge in [-0.1, -0.05) is 6.92 Å². The van der Waals surface area contributed by atoms with Crippen LogP contribution in [0.1, 0.15) is 27.2 Å². The summed E-state index contributed by atoms with van der Waals surface area (Å²) in [7, 11) is 0. The molecule has 2 heterocycles. The van der Waals surface area contributed by atoms with E-state index >= 15 is 0 Å². The van der Waals surface area contributed by atoms with Gasteiger partial charge in [0.05, 0.1) is 6.54 Å². The molecule has 0 N–H and O–H groups in total. The first-order valence-corrected chi connectivity index (χ1v) is 4.65. The van der Waals surface area contributed by atoms with Gasteiger partial charge in [0.1, 0.15) is 5.84 Å². The second kappa shape index (κ2) is 2.61. The van der Waals surface area contributed by atoms with Crippen molar-refractivity contribution in [1.29, 1.82) is 0 Å². The Morgan fingerprint density at radius 1 is 1.42 bits per heavy atom. The Kier molecular flexibility index (Phi) is 1.71. The lowest BCUT2D eigenvalue weighted by Gasteiger charge is -2.25. The van der Waals surface area contributed by atoms with Crippen LogP contribution in [-0.2, 0) is 0 Å². The average Bonchev–Trinajstić information content (AvgIpc) is 2.41. The van der Waals surface area contributed by atoms with Gasteiger partial charge in [-0.3, -0.25) is 4.99 Å². The molecule has 0 aromatic heterocycles. The minimum Gasteiger partial charge on any atom is -0.334 e. The Morgan fingerprint density at radius 2 is 2.17 bits per heavy atom. The number of fused-ring (bicyclic) bond motifs is 1. The summed E-state index contributed by atoms with van der Waals surface area (Å²) in [5.74, 6) is 2.01. The molecule has 0 spiro atoms. The number of hydrogen-bond acceptors (Lipinski definition) is 2. The zero-order valence-corrected chi connectivity index (χ0v) is 8.09. The molecule has 2 aliphatic heterocycles. The molecule has 2 heteroatoms. The summed E-state index contributed by atoms with van der Waals surface area (Å²) in [6.07, 6.45) is 1.25. The van der Waals surface area contributed by atoms with E-state index in [-0.39, 0.29) is 0 Å². The van der Waals surface area contributed by atoms with Crippen LogP contribution in [0.5, 0.6) is 0 Å². The van der Waals surface area contributed by atoms with Gasteiger partial charge in [0.15, 0.2) is 0 Å². The molecule has 0 amide bonds. The quantitative estimate of drug-likeness (QED) is 0.535. The van der Waals surface area contributed by atoms with Gasteiger partial charge in [-0.25, -0.2) is 0 Å². The fourth-order valence-corrected chi connectivity index (χ4v) is 2.07. The molecule has 1 atom stereocenters. The first-order chi connectivity index (χ1) is 5.68. The first kappa shape index (κ1) is 7.84. The lowest BCUT2D eigenvalue weighted by atomic mass is 10.1. The van der Waals surface area contributed by atoms with E-state index in [2.05, 4.69) is 30.7 Å². The third-order valence-electron chi connectivity index (χ3n) is 2.79. The summed E-state index contributed by atoms with van der Waals surface area (Å²) < 4.78 is 0. The number of amidine groups is 1. The van der Waals surface area contributed by atoms with Gasteiger partial charge in [0, 0.05) is 12.2 Å². The molecule has 0 aromatic carbocycles. The van der Waals surface area contributed by atoms with E-state index in [0.717, 1.165) is 12.5 Å². The van der Waals surface area contributed by atoms with Gasteiger partial charge in [0.2, 0.25) is 0 Å². The third kappa shape index (κ3) is 1.06. The Balaban J connectivity index is 2.32. The Labute approximate surface area is 74.0 Å². The summed E-state index contributed by atoms with van der Waals surface area (Å²) in [5.41, 5.74) is 3.00. The maximum absolute atomic E-state index is 4.47. The average molecular weight is 164 g/mol. The van der Waals surface area contributed by atoms with E-state index in [4.69, 9.17) is 0 Å². The lowest BCUT2D eigenvalue weighted by Crippen LogP contribution is -2.28. The Morgan fingerprint density at radius 3 is 2.83 bits per heavy atom. The van der Waals surface area contributed by atoms with Crippen LogP contribution in [0.25, 0.3) is 0 Å². The van der Waals surface area contributed by atoms with Crippen molar-refractivity contribution in [2.24, 2.45) is 10.9 Å². The van der Waals surface area contributed by atoms with Gasteiger partial charge in [-0.15, -0.1) is 0 Å². The number of rotatable bonds is 0. The number of allylic oxidation sites excluding steroid dienone is 1. The van der Waals surface area contributed by atoms with E-state index in [1.807, 2.05) is 0 Å². The van der Waals surface area contributed by atoms with Gasteiger partial charge in [0.25, 0.3) is 0 Å². The molecule has 2 nitrogen and oxygen atoms in total. The van der Waals surface area contributed by atoms with Crippen LogP contribution in [0.15, 0.2) is 16.3 Å². The fraction of sp³-hybridized carbons (Fsp3) is 0.700. The van der Waals surface area contributed by atoms with Gasteiger partial charge in [-0.05, 0) is 31.8 Å². The zero-order chi connectivity index (χ0) is 8.72. The molecule has 0 saturated carbocycles. The van der Waals surface area contributed by atoms with E-state index in [1.165, 1.54) is 30.1 Å². The van der Waals surface area contributed by atoms with Crippen LogP contribution in [0, 0.1) is 5.92 Å². The molecule has 66 valence electrons. The molecule has 0 radical (unpaired) electrons. The smallest absolute Gasteiger partial charge is 0.100 e. The molecule has 2 aliphatic rings. The molecule has 1 saturated heterocycles. The monoisotopic (exact) mass is 164 g/mol. The van der Waals surface area contributed by atoms with Gasteiger partial charge >= 0.3 is 0 Å². The summed E-state index contributed by atoms with van der Waals surface area (Å²) in [4.78, 5) is 6.85. The van der Waals surface area contributed by atoms with Crippen LogP contribution in [-0.4, -0.2) is 23.8 Å². The van der Waals surface area contributed by atoms with Gasteiger partial charge in [-0.2, -0.15) is 0 Å². The molecule has 2 rings (SSSR count). The SMILES string of the molecule is CC1=NCC(C)=C2C[C@H](C)CN12. The van der Waals surface area contributed by atoms with Crippen LogP contribution in [0.4, 0.5) is 0 Å². The second-order valence-electron chi connectivity index (χ2n) is 4.01. The standard InChI is InChI=1S/C10H16N2/c1-7-4-10-8(2)5-11-9(3)12(10)6-7/h7H,4-6H2,1-3H3/t7-/m0/s1. The molecule has 0 aliphatic carbocycles. The van der Waals surface area contributed by atoms with Gasteiger partial charge < -0.3 is 4.90 Å². The Hall–Kier alpha value is -0.790. The highest BCUT2D eigenvalue weighted by molar-refractivity contribution is 5.83. The van der Waals surface area contributed by atoms with Crippen LogP contribution in [0.3, 0.4) is 0 Å². The fourth-order valence-electron chi connectivity index (χ4n) is 2.07. The van der Waals surface area contributed by atoms with Crippen molar-refractivity contribution < 1.29 is 0 Å². The highest BCUT2D eigenvalue weighted by Crippen LogP contribution is 2.31. The van der Waals surface area contributed by atoms with Crippen LogP contribution in [0.2, 0.25) is 0 Å². The third-order valence-corrected chi connectivity index (χ3v) is 2.79. The van der Waals surface area contributed by atoms with Crippen molar-refractivity contribution >= 4 is 5.84 Å². The summed E-state index contributed by atoms with van der Waals surface area (Å²) >= 11 is 0. The minimum absolute atomic E-state index is 0.804. The second-order valence-corrected chi connectivity index (χ2v) is 4.01. The van der Waals surface area contributed by atoms with Crippen LogP contribution >= 0.6 is 0 Å². The number of nitrogens with zero attached hydrogens (tertiary/aromatic N) is 2. The zero-order valence-electron chi connectivity index (χ0n) is 8.09. The van der Waals surface area contributed by atoms with Crippen molar-refractivity contribution in [1.82, 2.24) is 4.90 Å². The lowest BCUT2D eigenvalue weighted by molar-refractivity contribution is 0.516. The van der Waals surface area contributed by atoms with E-state index < -0.39 is 0 Å². The minimum atomic E-state index is 0.804. The van der Waals surface area contributed by atoms with E-state index in [0.29, 0.717) is 0 Å². The molecule has 0 bridgehead atoms. The predicted octanol–water partition coefficient (Wildman–Crippen LogP) is 2.03. The molecule has 12 heavy (non-hydrogen) atoms. The Bertz CT molecular complexity index is 263. The molecule has 0 unspecified atom stereocenters. The summed E-state index contributed by atoms with van der Waals surface area (Å²) in [6.45, 7) is 8.72. The predicted molar refractivity (Wildman–Crippen MR) is 51.2 cm³/mol. The van der Waals surface area contributed by atoms with Crippen molar-refractivity contribution in [3.63, 3.8) is 0 Å². The molecular weight excluding hydrogens is 148 g/mol. The maximum Gasteiger partial charge on any atom is 0.100 e. The topological polar surface area (TPSA) is 15.6 Å². The van der Waals surface area contributed by atoms with Crippen molar-refractivity contribution in [2.75, 3.05) is 13.1 Å². The normalized spacial score (nSPS) is 29.1. The molecule has 1 fully saturated rings. The van der Waals surface area contributed by atoms with E-state index in [1.54, 1.807) is 0 Å². The van der Waals surface area contributed by atoms with E-state index in [9.17, 15) is 0 Å². The summed E-state index contributed by atoms with van der Waals surface area (Å²) in [5, 5.41) is 0. The highest BCUT2D eigenvalue weighted by Gasteiger charge is 2.28. The van der Waals surface area contributed by atoms with Crippen molar-refractivity contribution in [3.8, 4) is 0 Å². The highest BCUT2D eigenvalue weighted by atomic mass is 15.2. The molecular formula is C10H16N2. The number of aliphatic imine (C=N–C) groups is 1. The molecule has 0 aromatic rings. The van der Waals surface area contributed by atoms with Crippen LogP contribution < -0.4 is 0 Å². The first-order valence-electron chi connectivity index (χ1n) is 4.65. The van der Waals surface area contributed by atoms with Crippen molar-refractivity contribution in [2.45, 2.75) is 27.2 Å². The largest absolute Gasteiger partial charge is 0.334 e. The number of hydrogen-bond donors (Lipinski definition) is 0.